The van der Waals surface area contributed by atoms with E-state index in [0.717, 1.165) is 0 Å². The third-order valence-corrected chi connectivity index (χ3v) is 2.68. The van der Waals surface area contributed by atoms with Crippen molar-refractivity contribution < 1.29 is 86.7 Å². The Morgan fingerprint density at radius 2 is 1.79 bits per heavy atom. The molecule has 2 unspecified atom stereocenters. The average Bonchev–Trinajstić information content (AvgIpc) is 2.34. The number of rotatable bonds is 6. The number of phosphoric ester groups is 1. The van der Waals surface area contributed by atoms with Gasteiger partial charge in [0.15, 0.2) is 0 Å². The fourth-order valence-corrected chi connectivity index (χ4v) is 1.61. The van der Waals surface area contributed by atoms with E-state index in [1.54, 1.807) is 0 Å². The molecule has 0 saturated carbocycles. The molecule has 1 aromatic carbocycles. The van der Waals surface area contributed by atoms with Gasteiger partial charge in [-0.3, -0.25) is 9.32 Å². The molecule has 0 bridgehead atoms. The Morgan fingerprint density at radius 3 is 2.21 bits per heavy atom. The molecule has 1 aromatic rings. The summed E-state index contributed by atoms with van der Waals surface area (Å²) >= 11 is 0. The molecule has 0 amide bonds. The number of hydrogen-bond acceptors (Lipinski definition) is 5. The van der Waals surface area contributed by atoms with E-state index in [1.807, 2.05) is 0 Å². The van der Waals surface area contributed by atoms with Crippen molar-refractivity contribution in [1.29, 1.82) is 0 Å². The predicted molar refractivity (Wildman–Crippen MR) is 61.9 cm³/mol. The van der Waals surface area contributed by atoms with E-state index in [0.29, 0.717) is 17.4 Å². The summed E-state index contributed by atoms with van der Waals surface area (Å²) in [6, 6.07) is 5.74. The van der Waals surface area contributed by atoms with Gasteiger partial charge in [0, 0.05) is 5.56 Å². The van der Waals surface area contributed by atoms with E-state index in [9.17, 15) is 19.6 Å². The maximum Gasteiger partial charge on any atom is 1.00 e. The van der Waals surface area contributed by atoms with Crippen LogP contribution in [0.15, 0.2) is 24.3 Å². The van der Waals surface area contributed by atoms with Gasteiger partial charge in [0.25, 0.3) is 0 Å². The second-order valence-electron chi connectivity index (χ2n) is 3.58. The smallest absolute Gasteiger partial charge is 1.00 e. The van der Waals surface area contributed by atoms with Crippen molar-refractivity contribution in [2.24, 2.45) is 0 Å². The van der Waals surface area contributed by atoms with Gasteiger partial charge in [-0.25, -0.2) is 4.57 Å². The van der Waals surface area contributed by atoms with E-state index < -0.39 is 26.6 Å². The molecular formula is C10H14KO7P. The minimum absolute atomic E-state index is 0. The number of aliphatic hydroxyl groups is 2. The van der Waals surface area contributed by atoms with Gasteiger partial charge in [-0.1, -0.05) is 24.3 Å². The molecule has 0 spiro atoms. The van der Waals surface area contributed by atoms with Crippen LogP contribution < -0.4 is 51.4 Å². The number of carbonyl (C=O) groups excluding carboxylic acids is 1. The van der Waals surface area contributed by atoms with E-state index in [-0.39, 0.29) is 52.8 Å². The summed E-state index contributed by atoms with van der Waals surface area (Å²) in [5, 5.41) is 19.2. The summed E-state index contributed by atoms with van der Waals surface area (Å²) in [6.07, 6.45) is -2.22. The summed E-state index contributed by atoms with van der Waals surface area (Å²) in [6.45, 7) is -0.707. The van der Waals surface area contributed by atoms with Crippen LogP contribution in [0.4, 0.5) is 0 Å². The van der Waals surface area contributed by atoms with Crippen LogP contribution in [-0.4, -0.2) is 39.0 Å². The van der Waals surface area contributed by atoms with Crippen molar-refractivity contribution in [3.63, 3.8) is 0 Å². The van der Waals surface area contributed by atoms with Crippen LogP contribution in [-0.2, 0) is 9.09 Å². The topological polar surface area (TPSA) is 124 Å². The van der Waals surface area contributed by atoms with Crippen molar-refractivity contribution in [1.82, 2.24) is 0 Å². The van der Waals surface area contributed by atoms with Gasteiger partial charge < -0.3 is 21.4 Å². The molecular weight excluding hydrogens is 302 g/mol. The first kappa shape index (κ1) is 19.6. The molecule has 0 heterocycles. The van der Waals surface area contributed by atoms with Crippen molar-refractivity contribution in [3.8, 4) is 0 Å². The van der Waals surface area contributed by atoms with Crippen molar-refractivity contribution in [2.75, 3.05) is 6.61 Å². The zero-order chi connectivity index (χ0) is 13.8. The minimum atomic E-state index is -4.68. The quantitative estimate of drug-likeness (QED) is 0.252. The molecule has 9 heteroatoms. The third-order valence-electron chi connectivity index (χ3n) is 2.19. The fourth-order valence-electron chi connectivity index (χ4n) is 1.26. The van der Waals surface area contributed by atoms with Crippen LogP contribution in [0.1, 0.15) is 23.5 Å². The summed E-state index contributed by atoms with van der Waals surface area (Å²) in [7, 11) is -4.68. The first-order chi connectivity index (χ1) is 8.33. The maximum absolute atomic E-state index is 10.4. The van der Waals surface area contributed by atoms with Crippen LogP contribution in [0.25, 0.3) is 0 Å². The second kappa shape index (κ2) is 8.76. The van der Waals surface area contributed by atoms with Crippen LogP contribution in [0.2, 0.25) is 0 Å². The van der Waals surface area contributed by atoms with Gasteiger partial charge in [-0.05, 0) is 5.56 Å². The Bertz CT molecular complexity index is 449. The first-order valence-corrected chi connectivity index (χ1v) is 6.48. The van der Waals surface area contributed by atoms with Crippen molar-refractivity contribution in [2.45, 2.75) is 12.2 Å². The van der Waals surface area contributed by atoms with Crippen molar-refractivity contribution in [3.05, 3.63) is 35.4 Å². The molecule has 0 fully saturated rings. The zero-order valence-corrected chi connectivity index (χ0v) is 14.2. The molecule has 2 atom stereocenters. The third kappa shape index (κ3) is 7.21. The Kier molecular flexibility index (Phi) is 9.01. The Hall–Kier alpha value is 0.556. The Balaban J connectivity index is 0. The standard InChI is InChI=1S/C10H13O7P.K.H/c11-5-7-1-3-8(4-2-7)10(13)9(12)6-17-18(14,15)16;;/h1-5,9-10,12-13H,6H2,(H2,14,15,16);;/q;+1;-1. The number of aliphatic hydroxyl groups excluding tert-OH is 2. The molecule has 1 rings (SSSR count). The van der Waals surface area contributed by atoms with Crippen molar-refractivity contribution >= 4 is 14.1 Å². The average molecular weight is 316 g/mol. The van der Waals surface area contributed by atoms with E-state index >= 15 is 0 Å². The van der Waals surface area contributed by atoms with Crippen LogP contribution >= 0.6 is 7.82 Å². The summed E-state index contributed by atoms with van der Waals surface area (Å²) in [4.78, 5) is 27.3. The molecule has 7 nitrogen and oxygen atoms in total. The molecule has 0 saturated heterocycles. The largest absolute Gasteiger partial charge is 1.00 e. The van der Waals surface area contributed by atoms with Crippen LogP contribution in [0.5, 0.6) is 0 Å². The summed E-state index contributed by atoms with van der Waals surface area (Å²) in [5.41, 5.74) is 0.717. The van der Waals surface area contributed by atoms with Crippen LogP contribution in [0, 0.1) is 0 Å². The fraction of sp³-hybridized carbons (Fsp3) is 0.300. The number of hydrogen-bond donors (Lipinski definition) is 4. The Labute approximate surface area is 153 Å². The summed E-state index contributed by atoms with van der Waals surface area (Å²) in [5.74, 6) is 0. The number of phosphoric acid groups is 1. The number of benzene rings is 1. The van der Waals surface area contributed by atoms with Gasteiger partial charge in [0.2, 0.25) is 0 Å². The molecule has 0 aliphatic carbocycles. The normalized spacial score (nSPS) is 14.3. The minimum Gasteiger partial charge on any atom is -1.00 e. The molecule has 0 aliphatic heterocycles. The number of aldehydes is 1. The molecule has 102 valence electrons. The van der Waals surface area contributed by atoms with Gasteiger partial charge in [-0.2, -0.15) is 0 Å². The van der Waals surface area contributed by atoms with E-state index in [4.69, 9.17) is 9.79 Å². The SMILES string of the molecule is O=Cc1ccc(C(O)C(O)COP(=O)(O)O)cc1.[H-].[K+]. The molecule has 0 aliphatic rings. The van der Waals surface area contributed by atoms with Crippen LogP contribution in [0.3, 0.4) is 0 Å². The predicted octanol–water partition coefficient (Wildman–Crippen LogP) is -2.88. The van der Waals surface area contributed by atoms with Gasteiger partial charge >= 0.3 is 59.2 Å². The monoisotopic (exact) mass is 316 g/mol. The Morgan fingerprint density at radius 1 is 1.26 bits per heavy atom. The van der Waals surface area contributed by atoms with Gasteiger partial charge in [0.1, 0.15) is 18.5 Å². The van der Waals surface area contributed by atoms with E-state index in [2.05, 4.69) is 4.52 Å². The summed E-state index contributed by atoms with van der Waals surface area (Å²) < 4.78 is 14.5. The molecule has 19 heavy (non-hydrogen) atoms. The van der Waals surface area contributed by atoms with E-state index in [1.165, 1.54) is 24.3 Å². The number of carbonyl (C=O) groups is 1. The second-order valence-corrected chi connectivity index (χ2v) is 4.82. The van der Waals surface area contributed by atoms with Gasteiger partial charge in [-0.15, -0.1) is 0 Å². The molecule has 0 radical (unpaired) electrons. The molecule has 0 aromatic heterocycles. The zero-order valence-electron chi connectivity index (χ0n) is 11.2. The maximum atomic E-state index is 10.4. The first-order valence-electron chi connectivity index (χ1n) is 4.95. The molecule has 4 N–H and O–H groups in total. The van der Waals surface area contributed by atoms with Gasteiger partial charge in [0.05, 0.1) is 6.61 Å².